The zero-order chi connectivity index (χ0) is 13.2. The molecule has 0 unspecified atom stereocenters. The minimum absolute atomic E-state index is 0.0457. The number of furan rings is 1. The van der Waals surface area contributed by atoms with Crippen molar-refractivity contribution in [3.05, 3.63) is 22.6 Å². The summed E-state index contributed by atoms with van der Waals surface area (Å²) in [6.07, 6.45) is 0. The van der Waals surface area contributed by atoms with Gasteiger partial charge in [-0.1, -0.05) is 0 Å². The van der Waals surface area contributed by atoms with Gasteiger partial charge in [-0.2, -0.15) is 0 Å². The molecule has 1 saturated heterocycles. The predicted molar refractivity (Wildman–Crippen MR) is 70.1 cm³/mol. The van der Waals surface area contributed by atoms with Crippen molar-refractivity contribution < 1.29 is 13.9 Å². The van der Waals surface area contributed by atoms with Gasteiger partial charge in [-0.3, -0.25) is 4.79 Å². The summed E-state index contributed by atoms with van der Waals surface area (Å²) in [6, 6.07) is 3.65. The summed E-state index contributed by atoms with van der Waals surface area (Å²) in [5.41, 5.74) is -0.190. The van der Waals surface area contributed by atoms with Crippen molar-refractivity contribution in [1.29, 1.82) is 0 Å². The maximum absolute atomic E-state index is 11.9. The smallest absolute Gasteiger partial charge is 0.248 e. The van der Waals surface area contributed by atoms with Crippen LogP contribution in [0.5, 0.6) is 0 Å². The van der Waals surface area contributed by atoms with Gasteiger partial charge in [-0.05, 0) is 35.0 Å². The number of nitrogens with zero attached hydrogens (tertiary/aromatic N) is 1. The topological polar surface area (TPSA) is 54.7 Å². The molecule has 1 aromatic heterocycles. The second-order valence-electron chi connectivity index (χ2n) is 4.80. The summed E-state index contributed by atoms with van der Waals surface area (Å²) in [5.74, 6) is 0.699. The van der Waals surface area contributed by atoms with Crippen molar-refractivity contribution in [2.75, 3.05) is 26.7 Å². The van der Waals surface area contributed by atoms with E-state index in [1.807, 2.05) is 19.1 Å². The average Bonchev–Trinajstić information content (AvgIpc) is 2.69. The number of carbonyl (C=O) groups is 1. The monoisotopic (exact) mass is 316 g/mol. The molecule has 0 atom stereocenters. The summed E-state index contributed by atoms with van der Waals surface area (Å²) < 4.78 is 11.6. The van der Waals surface area contributed by atoms with Crippen LogP contribution in [0.25, 0.3) is 0 Å². The van der Waals surface area contributed by atoms with Gasteiger partial charge in [0.1, 0.15) is 12.4 Å². The van der Waals surface area contributed by atoms with Gasteiger partial charge in [0, 0.05) is 20.1 Å². The number of hydrogen-bond acceptors (Lipinski definition) is 4. The number of rotatable bonds is 5. The van der Waals surface area contributed by atoms with Gasteiger partial charge in [0.2, 0.25) is 5.91 Å². The molecule has 0 aliphatic carbocycles. The fraction of sp³-hybridized carbons (Fsp3) is 0.583. The van der Waals surface area contributed by atoms with Crippen molar-refractivity contribution in [2.24, 2.45) is 0 Å². The second kappa shape index (κ2) is 5.42. The third-order valence-corrected chi connectivity index (χ3v) is 3.42. The van der Waals surface area contributed by atoms with E-state index in [-0.39, 0.29) is 18.1 Å². The Hall–Kier alpha value is -0.850. The molecule has 6 heteroatoms. The summed E-state index contributed by atoms with van der Waals surface area (Å²) >= 11 is 3.23. The molecule has 0 saturated carbocycles. The Kier molecular flexibility index (Phi) is 4.09. The molecule has 18 heavy (non-hydrogen) atoms. The fourth-order valence-corrected chi connectivity index (χ4v) is 2.02. The zero-order valence-corrected chi connectivity index (χ0v) is 12.1. The second-order valence-corrected chi connectivity index (χ2v) is 5.58. The standard InChI is InChI=1S/C12H17BrN2O3/c1-12(7-14-8-12)17-6-11(16)15(2)5-9-3-4-10(13)18-9/h3-4,14H,5-8H2,1-2H3. The van der Waals surface area contributed by atoms with E-state index < -0.39 is 0 Å². The maximum Gasteiger partial charge on any atom is 0.248 e. The van der Waals surface area contributed by atoms with Crippen LogP contribution in [0.2, 0.25) is 0 Å². The lowest BCUT2D eigenvalue weighted by Crippen LogP contribution is -2.59. The highest BCUT2D eigenvalue weighted by Crippen LogP contribution is 2.17. The van der Waals surface area contributed by atoms with Gasteiger partial charge in [-0.15, -0.1) is 0 Å². The number of halogens is 1. The molecule has 2 heterocycles. The molecule has 1 amide bonds. The minimum Gasteiger partial charge on any atom is -0.452 e. The van der Waals surface area contributed by atoms with Crippen LogP contribution in [0, 0.1) is 0 Å². The van der Waals surface area contributed by atoms with Gasteiger partial charge in [0.15, 0.2) is 4.67 Å². The molecule has 1 aliphatic rings. The molecule has 1 N–H and O–H groups in total. The minimum atomic E-state index is -0.190. The van der Waals surface area contributed by atoms with Gasteiger partial charge < -0.3 is 19.4 Å². The predicted octanol–water partition coefficient (Wildman–Crippen LogP) is 1.38. The van der Waals surface area contributed by atoms with E-state index in [9.17, 15) is 4.79 Å². The van der Waals surface area contributed by atoms with E-state index in [0.29, 0.717) is 11.2 Å². The van der Waals surface area contributed by atoms with Crippen LogP contribution in [0.4, 0.5) is 0 Å². The van der Waals surface area contributed by atoms with Gasteiger partial charge in [0.25, 0.3) is 0 Å². The lowest BCUT2D eigenvalue weighted by atomic mass is 10.0. The van der Waals surface area contributed by atoms with E-state index in [1.54, 1.807) is 11.9 Å². The van der Waals surface area contributed by atoms with Crippen LogP contribution >= 0.6 is 15.9 Å². The molecular formula is C12H17BrN2O3. The van der Waals surface area contributed by atoms with E-state index in [4.69, 9.17) is 9.15 Å². The normalized spacial score (nSPS) is 17.3. The summed E-state index contributed by atoms with van der Waals surface area (Å²) in [5, 5.41) is 3.13. The molecule has 5 nitrogen and oxygen atoms in total. The van der Waals surface area contributed by atoms with Gasteiger partial charge in [0.05, 0.1) is 12.1 Å². The zero-order valence-electron chi connectivity index (χ0n) is 10.5. The van der Waals surface area contributed by atoms with E-state index in [0.717, 1.165) is 18.8 Å². The van der Waals surface area contributed by atoms with E-state index in [1.165, 1.54) is 0 Å². The maximum atomic E-state index is 11.9. The molecular weight excluding hydrogens is 300 g/mol. The third kappa shape index (κ3) is 3.34. The van der Waals surface area contributed by atoms with Crippen LogP contribution < -0.4 is 5.32 Å². The number of carbonyl (C=O) groups excluding carboxylic acids is 1. The Morgan fingerprint density at radius 2 is 2.33 bits per heavy atom. The first kappa shape index (κ1) is 13.6. The molecule has 2 rings (SSSR count). The number of hydrogen-bond donors (Lipinski definition) is 1. The highest BCUT2D eigenvalue weighted by Gasteiger charge is 2.33. The Bertz CT molecular complexity index is 429. The highest BCUT2D eigenvalue weighted by atomic mass is 79.9. The van der Waals surface area contributed by atoms with Crippen LogP contribution in [-0.4, -0.2) is 43.2 Å². The van der Waals surface area contributed by atoms with Crippen molar-refractivity contribution >= 4 is 21.8 Å². The Morgan fingerprint density at radius 3 is 2.83 bits per heavy atom. The van der Waals surface area contributed by atoms with Crippen LogP contribution in [0.1, 0.15) is 12.7 Å². The summed E-state index contributed by atoms with van der Waals surface area (Å²) in [7, 11) is 1.74. The van der Waals surface area contributed by atoms with Crippen molar-refractivity contribution in [2.45, 2.75) is 19.1 Å². The van der Waals surface area contributed by atoms with Crippen LogP contribution in [-0.2, 0) is 16.1 Å². The van der Waals surface area contributed by atoms with Gasteiger partial charge in [-0.25, -0.2) is 0 Å². The van der Waals surface area contributed by atoms with E-state index >= 15 is 0 Å². The molecule has 100 valence electrons. The summed E-state index contributed by atoms with van der Waals surface area (Å²) in [4.78, 5) is 13.5. The highest BCUT2D eigenvalue weighted by molar-refractivity contribution is 9.10. The number of nitrogens with one attached hydrogen (secondary N) is 1. The molecule has 1 fully saturated rings. The largest absolute Gasteiger partial charge is 0.452 e. The van der Waals surface area contributed by atoms with Crippen LogP contribution in [0.3, 0.4) is 0 Å². The molecule has 0 bridgehead atoms. The Morgan fingerprint density at radius 1 is 1.61 bits per heavy atom. The lowest BCUT2D eigenvalue weighted by Gasteiger charge is -2.39. The van der Waals surface area contributed by atoms with E-state index in [2.05, 4.69) is 21.2 Å². The Balaban J connectivity index is 1.77. The van der Waals surface area contributed by atoms with Gasteiger partial charge >= 0.3 is 0 Å². The summed E-state index contributed by atoms with van der Waals surface area (Å²) in [6.45, 7) is 4.16. The Labute approximate surface area is 115 Å². The number of likely N-dealkylation sites (N-methyl/N-ethyl adjacent to an activating group) is 1. The quantitative estimate of drug-likeness (QED) is 0.891. The third-order valence-electron chi connectivity index (χ3n) is 2.99. The SMILES string of the molecule is CN(Cc1ccc(Br)o1)C(=O)COC1(C)CNC1. The van der Waals surface area contributed by atoms with Crippen molar-refractivity contribution in [3.8, 4) is 0 Å². The molecule has 1 aromatic rings. The number of ether oxygens (including phenoxy) is 1. The first-order valence-corrected chi connectivity index (χ1v) is 6.61. The first-order chi connectivity index (χ1) is 8.48. The fourth-order valence-electron chi connectivity index (χ4n) is 1.68. The van der Waals surface area contributed by atoms with Crippen LogP contribution in [0.15, 0.2) is 21.2 Å². The molecule has 0 spiro atoms. The molecule has 0 aromatic carbocycles. The molecule has 1 aliphatic heterocycles. The number of amides is 1. The average molecular weight is 317 g/mol. The van der Waals surface area contributed by atoms with Crippen molar-refractivity contribution in [1.82, 2.24) is 10.2 Å². The van der Waals surface area contributed by atoms with Crippen molar-refractivity contribution in [3.63, 3.8) is 0 Å². The first-order valence-electron chi connectivity index (χ1n) is 5.81. The lowest BCUT2D eigenvalue weighted by molar-refractivity contribution is -0.145. The molecule has 0 radical (unpaired) electrons.